The van der Waals surface area contributed by atoms with Gasteiger partial charge in [-0.3, -0.25) is 0 Å². The number of nitrogens with zero attached hydrogens (tertiary/aromatic N) is 2. The van der Waals surface area contributed by atoms with Crippen LogP contribution in [0.3, 0.4) is 0 Å². The molecule has 2 heterocycles. The zero-order valence-electron chi connectivity index (χ0n) is 14.5. The zero-order chi connectivity index (χ0) is 18.2. The van der Waals surface area contributed by atoms with Crippen molar-refractivity contribution in [3.05, 3.63) is 71.8 Å². The number of rotatable bonds is 4. The van der Waals surface area contributed by atoms with Gasteiger partial charge in [0.2, 0.25) is 0 Å². The molecule has 136 valence electrons. The summed E-state index contributed by atoms with van der Waals surface area (Å²) >= 11 is 0. The van der Waals surface area contributed by atoms with Gasteiger partial charge in [-0.25, -0.2) is 9.59 Å². The summed E-state index contributed by atoms with van der Waals surface area (Å²) in [6.07, 6.45) is -0.410. The van der Waals surface area contributed by atoms with Crippen LogP contribution in [0, 0.1) is 0 Å². The number of amides is 2. The van der Waals surface area contributed by atoms with Crippen molar-refractivity contribution in [2.75, 3.05) is 26.2 Å². The minimum absolute atomic E-state index is 0.205. The topological polar surface area (TPSA) is 58.6 Å². The summed E-state index contributed by atoms with van der Waals surface area (Å²) in [6.45, 7) is 4.11. The van der Waals surface area contributed by atoms with Crippen LogP contribution in [0.25, 0.3) is 0 Å². The van der Waals surface area contributed by atoms with Crippen LogP contribution in [0.5, 0.6) is 0 Å². The van der Waals surface area contributed by atoms with Crippen molar-refractivity contribution in [3.8, 4) is 0 Å². The predicted molar refractivity (Wildman–Crippen MR) is 96.4 cm³/mol. The predicted octanol–water partition coefficient (Wildman–Crippen LogP) is 3.28. The number of carbonyl (C=O) groups is 2. The zero-order valence-corrected chi connectivity index (χ0v) is 14.5. The van der Waals surface area contributed by atoms with E-state index in [1.807, 2.05) is 60.7 Å². The average Bonchev–Trinajstić information content (AvgIpc) is 3.59. The van der Waals surface area contributed by atoms with Gasteiger partial charge in [-0.05, 0) is 11.1 Å². The highest BCUT2D eigenvalue weighted by Crippen LogP contribution is 2.09. The molecule has 4 rings (SSSR count). The van der Waals surface area contributed by atoms with E-state index in [2.05, 4.69) is 0 Å². The maximum atomic E-state index is 11.1. The van der Waals surface area contributed by atoms with Gasteiger partial charge in [0.1, 0.15) is 13.2 Å². The first-order valence-corrected chi connectivity index (χ1v) is 8.63. The summed E-state index contributed by atoms with van der Waals surface area (Å²) in [5, 5.41) is 0. The third kappa shape index (κ3) is 6.12. The van der Waals surface area contributed by atoms with Gasteiger partial charge in [0.15, 0.2) is 0 Å². The SMILES string of the molecule is O=C(OCc1ccccc1)N1CC1.O=C(OCc1ccccc1)N1CC1. The van der Waals surface area contributed by atoms with Gasteiger partial charge in [0.25, 0.3) is 0 Å². The van der Waals surface area contributed by atoms with Gasteiger partial charge in [0.05, 0.1) is 0 Å². The van der Waals surface area contributed by atoms with Gasteiger partial charge in [-0.15, -0.1) is 0 Å². The normalized spacial score (nSPS) is 14.0. The Kier molecular flexibility index (Phi) is 6.09. The monoisotopic (exact) mass is 354 g/mol. The van der Waals surface area contributed by atoms with Crippen molar-refractivity contribution in [2.24, 2.45) is 0 Å². The van der Waals surface area contributed by atoms with Gasteiger partial charge in [-0.1, -0.05) is 60.7 Å². The van der Waals surface area contributed by atoms with E-state index >= 15 is 0 Å². The summed E-state index contributed by atoms with van der Waals surface area (Å²) < 4.78 is 10.1. The fraction of sp³-hybridized carbons (Fsp3) is 0.300. The molecule has 2 fully saturated rings. The molecule has 6 nitrogen and oxygen atoms in total. The van der Waals surface area contributed by atoms with Crippen molar-refractivity contribution in [1.82, 2.24) is 9.80 Å². The summed E-state index contributed by atoms with van der Waals surface area (Å²) in [6, 6.07) is 19.4. The molecule has 0 aromatic heterocycles. The van der Waals surface area contributed by atoms with Gasteiger partial charge >= 0.3 is 12.2 Å². The molecule has 2 saturated heterocycles. The standard InChI is InChI=1S/2C10H11NO2/c2*12-10(11-6-7-11)13-8-9-4-2-1-3-5-9/h2*1-5H,6-8H2. The minimum atomic E-state index is -0.205. The molecule has 0 saturated carbocycles. The first-order chi connectivity index (χ1) is 12.7. The first kappa shape index (κ1) is 17.8. The maximum absolute atomic E-state index is 11.1. The Morgan fingerprint density at radius 2 is 1.00 bits per heavy atom. The summed E-state index contributed by atoms with van der Waals surface area (Å²) in [4.78, 5) is 25.5. The Balaban J connectivity index is 0.000000151. The molecule has 6 heteroatoms. The average molecular weight is 354 g/mol. The lowest BCUT2D eigenvalue weighted by Crippen LogP contribution is -2.12. The third-order valence-corrected chi connectivity index (χ3v) is 3.82. The quantitative estimate of drug-likeness (QED) is 0.791. The van der Waals surface area contributed by atoms with E-state index in [4.69, 9.17) is 9.47 Å². The van der Waals surface area contributed by atoms with E-state index < -0.39 is 0 Å². The molecular formula is C20H22N2O4. The Morgan fingerprint density at radius 1 is 0.654 bits per heavy atom. The Morgan fingerprint density at radius 3 is 1.31 bits per heavy atom. The maximum Gasteiger partial charge on any atom is 0.410 e. The summed E-state index contributed by atoms with van der Waals surface area (Å²) in [5.74, 6) is 0. The van der Waals surface area contributed by atoms with Crippen LogP contribution in [-0.2, 0) is 22.7 Å². The molecule has 0 radical (unpaired) electrons. The lowest BCUT2D eigenvalue weighted by molar-refractivity contribution is 0.124. The molecule has 26 heavy (non-hydrogen) atoms. The van der Waals surface area contributed by atoms with Crippen LogP contribution in [0.4, 0.5) is 9.59 Å². The molecule has 2 aliphatic heterocycles. The largest absolute Gasteiger partial charge is 0.445 e. The van der Waals surface area contributed by atoms with Crippen molar-refractivity contribution in [2.45, 2.75) is 13.2 Å². The Bertz CT molecular complexity index is 650. The van der Waals surface area contributed by atoms with E-state index in [1.54, 1.807) is 9.80 Å². The number of hydrogen-bond acceptors (Lipinski definition) is 4. The van der Waals surface area contributed by atoms with Gasteiger partial charge in [-0.2, -0.15) is 0 Å². The first-order valence-electron chi connectivity index (χ1n) is 8.63. The van der Waals surface area contributed by atoms with Crippen LogP contribution in [0.15, 0.2) is 60.7 Å². The molecule has 2 aromatic rings. The van der Waals surface area contributed by atoms with Crippen LogP contribution < -0.4 is 0 Å². The van der Waals surface area contributed by atoms with Crippen molar-refractivity contribution < 1.29 is 19.1 Å². The second kappa shape index (κ2) is 8.89. The molecule has 0 N–H and O–H groups in total. The van der Waals surface area contributed by atoms with Crippen molar-refractivity contribution in [1.29, 1.82) is 0 Å². The van der Waals surface area contributed by atoms with Crippen molar-refractivity contribution >= 4 is 12.2 Å². The van der Waals surface area contributed by atoms with E-state index in [9.17, 15) is 9.59 Å². The van der Waals surface area contributed by atoms with E-state index in [1.165, 1.54) is 0 Å². The molecular weight excluding hydrogens is 332 g/mol. The highest BCUT2D eigenvalue weighted by molar-refractivity contribution is 5.70. The van der Waals surface area contributed by atoms with Crippen LogP contribution in [0.2, 0.25) is 0 Å². The second-order valence-corrected chi connectivity index (χ2v) is 6.05. The highest BCUT2D eigenvalue weighted by Gasteiger charge is 2.25. The number of carbonyl (C=O) groups excluding carboxylic acids is 2. The number of benzene rings is 2. The molecule has 0 spiro atoms. The van der Waals surface area contributed by atoms with Crippen molar-refractivity contribution in [3.63, 3.8) is 0 Å². The van der Waals surface area contributed by atoms with Crippen LogP contribution >= 0.6 is 0 Å². The molecule has 2 aliphatic rings. The Labute approximate surface area is 152 Å². The van der Waals surface area contributed by atoms with Gasteiger partial charge < -0.3 is 19.3 Å². The van der Waals surface area contributed by atoms with E-state index in [0.29, 0.717) is 13.2 Å². The molecule has 2 aromatic carbocycles. The third-order valence-electron chi connectivity index (χ3n) is 3.82. The molecule has 0 aliphatic carbocycles. The van der Waals surface area contributed by atoms with Crippen LogP contribution in [0.1, 0.15) is 11.1 Å². The molecule has 0 unspecified atom stereocenters. The molecule has 0 bridgehead atoms. The summed E-state index contributed by atoms with van der Waals surface area (Å²) in [7, 11) is 0. The lowest BCUT2D eigenvalue weighted by Gasteiger charge is -2.04. The second-order valence-electron chi connectivity index (χ2n) is 6.05. The fourth-order valence-electron chi connectivity index (χ4n) is 2.09. The lowest BCUT2D eigenvalue weighted by atomic mass is 10.2. The fourth-order valence-corrected chi connectivity index (χ4v) is 2.09. The van der Waals surface area contributed by atoms with Crippen LogP contribution in [-0.4, -0.2) is 48.2 Å². The van der Waals surface area contributed by atoms with E-state index in [-0.39, 0.29) is 12.2 Å². The summed E-state index contributed by atoms with van der Waals surface area (Å²) in [5.41, 5.74) is 2.05. The smallest absolute Gasteiger partial charge is 0.410 e. The minimum Gasteiger partial charge on any atom is -0.445 e. The van der Waals surface area contributed by atoms with Gasteiger partial charge in [0, 0.05) is 26.2 Å². The highest BCUT2D eigenvalue weighted by atomic mass is 16.6. The van der Waals surface area contributed by atoms with E-state index in [0.717, 1.165) is 37.3 Å². The molecule has 0 atom stereocenters. The number of hydrogen-bond donors (Lipinski definition) is 0. The Hall–Kier alpha value is -3.02. The number of ether oxygens (including phenoxy) is 2. The molecule has 2 amide bonds.